The van der Waals surface area contributed by atoms with E-state index in [9.17, 15) is 14.7 Å². The van der Waals surface area contributed by atoms with Crippen molar-refractivity contribution in [1.82, 2.24) is 4.90 Å². The van der Waals surface area contributed by atoms with E-state index in [-0.39, 0.29) is 11.8 Å². The van der Waals surface area contributed by atoms with Crippen LogP contribution in [0.25, 0.3) is 0 Å². The van der Waals surface area contributed by atoms with Crippen molar-refractivity contribution in [1.29, 1.82) is 0 Å². The minimum Gasteiger partial charge on any atom is -0.369 e. The molecule has 5 heteroatoms. The van der Waals surface area contributed by atoms with E-state index in [2.05, 4.69) is 11.8 Å². The number of imide groups is 1. The van der Waals surface area contributed by atoms with E-state index in [4.69, 9.17) is 0 Å². The SMILES string of the molecule is O=C1c2ccccc2C(=O)N1C[N+]1(CC#CC(O)(c2ccccc2)c2ccccc2)CCCC1. The molecule has 3 aromatic rings. The fraction of sp³-hybridized carbons (Fsp3) is 0.241. The molecule has 170 valence electrons. The topological polar surface area (TPSA) is 57.6 Å². The third-order valence-corrected chi connectivity index (χ3v) is 6.90. The number of amides is 2. The highest BCUT2D eigenvalue weighted by Gasteiger charge is 2.42. The van der Waals surface area contributed by atoms with Crippen LogP contribution in [0.4, 0.5) is 0 Å². The molecule has 0 atom stereocenters. The minimum atomic E-state index is -1.44. The lowest BCUT2D eigenvalue weighted by Crippen LogP contribution is -2.54. The Morgan fingerprint density at radius 2 is 1.24 bits per heavy atom. The normalized spacial score (nSPS) is 16.8. The van der Waals surface area contributed by atoms with Crippen molar-refractivity contribution >= 4 is 11.8 Å². The summed E-state index contributed by atoms with van der Waals surface area (Å²) in [6, 6.07) is 25.9. The molecule has 1 fully saturated rings. The molecule has 2 aliphatic heterocycles. The van der Waals surface area contributed by atoms with Crippen molar-refractivity contribution in [2.45, 2.75) is 18.4 Å². The summed E-state index contributed by atoms with van der Waals surface area (Å²) in [4.78, 5) is 27.3. The fourth-order valence-electron chi connectivity index (χ4n) is 5.03. The predicted molar refractivity (Wildman–Crippen MR) is 130 cm³/mol. The molecule has 34 heavy (non-hydrogen) atoms. The molecule has 0 aromatic heterocycles. The van der Waals surface area contributed by atoms with Gasteiger partial charge in [-0.1, -0.05) is 78.7 Å². The number of hydrogen-bond acceptors (Lipinski definition) is 3. The molecular weight excluding hydrogens is 424 g/mol. The molecule has 3 aromatic carbocycles. The summed E-state index contributed by atoms with van der Waals surface area (Å²) in [6.45, 7) is 2.44. The summed E-state index contributed by atoms with van der Waals surface area (Å²) >= 11 is 0. The number of nitrogens with zero attached hydrogens (tertiary/aromatic N) is 2. The molecule has 0 saturated carbocycles. The third kappa shape index (κ3) is 3.92. The van der Waals surface area contributed by atoms with Gasteiger partial charge in [0, 0.05) is 24.0 Å². The zero-order valence-electron chi connectivity index (χ0n) is 19.0. The van der Waals surface area contributed by atoms with Gasteiger partial charge in [0.25, 0.3) is 11.8 Å². The number of aliphatic hydroxyl groups is 1. The number of likely N-dealkylation sites (tertiary alicyclic amines) is 1. The quantitative estimate of drug-likeness (QED) is 0.365. The van der Waals surface area contributed by atoms with E-state index >= 15 is 0 Å². The van der Waals surface area contributed by atoms with Crippen LogP contribution in [-0.2, 0) is 5.60 Å². The third-order valence-electron chi connectivity index (χ3n) is 6.90. The lowest BCUT2D eigenvalue weighted by atomic mass is 9.87. The van der Waals surface area contributed by atoms with Gasteiger partial charge in [-0.15, -0.1) is 0 Å². The Kier molecular flexibility index (Phi) is 5.79. The maximum Gasteiger partial charge on any atom is 0.265 e. The van der Waals surface area contributed by atoms with Crippen molar-refractivity contribution < 1.29 is 19.2 Å². The summed E-state index contributed by atoms with van der Waals surface area (Å²) in [5.41, 5.74) is 0.919. The molecule has 2 aliphatic rings. The first-order valence-corrected chi connectivity index (χ1v) is 11.7. The Bertz CT molecular complexity index is 1190. The molecule has 0 aliphatic carbocycles. The summed E-state index contributed by atoms with van der Waals surface area (Å²) < 4.78 is 0.540. The average Bonchev–Trinajstić information content (AvgIpc) is 3.44. The number of quaternary nitrogens is 1. The van der Waals surface area contributed by atoms with Gasteiger partial charge in [-0.25, -0.2) is 4.90 Å². The summed E-state index contributed by atoms with van der Waals surface area (Å²) in [6.07, 6.45) is 2.04. The highest BCUT2D eigenvalue weighted by molar-refractivity contribution is 6.21. The van der Waals surface area contributed by atoms with Crippen LogP contribution in [-0.4, -0.2) is 52.6 Å². The van der Waals surface area contributed by atoms with Crippen LogP contribution in [0.15, 0.2) is 84.9 Å². The number of hydrogen-bond donors (Lipinski definition) is 1. The lowest BCUT2D eigenvalue weighted by Gasteiger charge is -2.35. The van der Waals surface area contributed by atoms with Crippen LogP contribution >= 0.6 is 0 Å². The van der Waals surface area contributed by atoms with Crippen molar-refractivity contribution in [3.8, 4) is 11.8 Å². The van der Waals surface area contributed by atoms with Crippen LogP contribution in [0, 0.1) is 11.8 Å². The Hall–Kier alpha value is -3.72. The Morgan fingerprint density at radius 3 is 1.74 bits per heavy atom. The van der Waals surface area contributed by atoms with Crippen LogP contribution < -0.4 is 0 Å². The van der Waals surface area contributed by atoms with Crippen molar-refractivity contribution in [2.24, 2.45) is 0 Å². The van der Waals surface area contributed by atoms with Gasteiger partial charge in [-0.05, 0) is 18.1 Å². The van der Waals surface area contributed by atoms with E-state index in [1.54, 1.807) is 24.3 Å². The zero-order valence-corrected chi connectivity index (χ0v) is 19.0. The largest absolute Gasteiger partial charge is 0.369 e. The van der Waals surface area contributed by atoms with E-state index in [0.717, 1.165) is 25.9 Å². The van der Waals surface area contributed by atoms with Gasteiger partial charge in [0.2, 0.25) is 0 Å². The van der Waals surface area contributed by atoms with Gasteiger partial charge in [-0.3, -0.25) is 14.1 Å². The second kappa shape index (κ2) is 8.90. The maximum absolute atomic E-state index is 13.0. The first-order chi connectivity index (χ1) is 16.5. The number of benzene rings is 3. The van der Waals surface area contributed by atoms with Gasteiger partial charge >= 0.3 is 0 Å². The van der Waals surface area contributed by atoms with Gasteiger partial charge < -0.3 is 5.11 Å². The lowest BCUT2D eigenvalue weighted by molar-refractivity contribution is -0.916. The first kappa shape index (κ1) is 22.1. The van der Waals surface area contributed by atoms with Crippen LogP contribution in [0.5, 0.6) is 0 Å². The number of carbonyl (C=O) groups excluding carboxylic acids is 2. The van der Waals surface area contributed by atoms with E-state index < -0.39 is 5.60 Å². The average molecular weight is 452 g/mol. The summed E-state index contributed by atoms with van der Waals surface area (Å²) in [5.74, 6) is 5.93. The maximum atomic E-state index is 13.0. The molecule has 5 rings (SSSR count). The summed E-state index contributed by atoms with van der Waals surface area (Å²) in [5, 5.41) is 11.7. The molecule has 1 saturated heterocycles. The molecule has 0 unspecified atom stereocenters. The van der Waals surface area contributed by atoms with Crippen LogP contribution in [0.1, 0.15) is 44.7 Å². The minimum absolute atomic E-state index is 0.233. The molecule has 5 nitrogen and oxygen atoms in total. The van der Waals surface area contributed by atoms with E-state index in [1.807, 2.05) is 60.7 Å². The zero-order chi connectivity index (χ0) is 23.6. The van der Waals surface area contributed by atoms with E-state index in [0.29, 0.717) is 40.0 Å². The number of rotatable bonds is 5. The second-order valence-electron chi connectivity index (χ2n) is 9.12. The highest BCUT2D eigenvalue weighted by atomic mass is 16.3. The molecule has 2 heterocycles. The Balaban J connectivity index is 1.43. The first-order valence-electron chi connectivity index (χ1n) is 11.7. The number of fused-ring (bicyclic) bond motifs is 1. The molecular formula is C29H27N2O3+. The van der Waals surface area contributed by atoms with Gasteiger partial charge in [0.1, 0.15) is 6.54 Å². The highest BCUT2D eigenvalue weighted by Crippen LogP contribution is 2.30. The summed E-state index contributed by atoms with van der Waals surface area (Å²) in [7, 11) is 0. The van der Waals surface area contributed by atoms with Crippen molar-refractivity contribution in [3.05, 3.63) is 107 Å². The standard InChI is InChI=1S/C29H27N2O3/c32-27-25-16-7-8-17-26(25)28(33)30(27)22-31(19-9-10-20-31)21-11-18-29(34,23-12-3-1-4-13-23)24-14-5-2-6-15-24/h1-8,12-17,34H,9-10,19-22H2/q+1. The molecule has 2 amide bonds. The molecule has 0 bridgehead atoms. The predicted octanol–water partition coefficient (Wildman–Crippen LogP) is 3.79. The second-order valence-corrected chi connectivity index (χ2v) is 9.12. The molecule has 0 radical (unpaired) electrons. The monoisotopic (exact) mass is 451 g/mol. The molecule has 1 N–H and O–H groups in total. The smallest absolute Gasteiger partial charge is 0.265 e. The van der Waals surface area contributed by atoms with Crippen molar-refractivity contribution in [2.75, 3.05) is 26.3 Å². The van der Waals surface area contributed by atoms with Crippen molar-refractivity contribution in [3.63, 3.8) is 0 Å². The van der Waals surface area contributed by atoms with Gasteiger partial charge in [-0.2, -0.15) is 0 Å². The van der Waals surface area contributed by atoms with Crippen LogP contribution in [0.2, 0.25) is 0 Å². The number of carbonyl (C=O) groups is 2. The van der Waals surface area contributed by atoms with Gasteiger partial charge in [0.05, 0.1) is 24.2 Å². The Morgan fingerprint density at radius 1 is 0.765 bits per heavy atom. The van der Waals surface area contributed by atoms with E-state index in [1.165, 1.54) is 4.90 Å². The Labute approximate surface area is 199 Å². The molecule has 0 spiro atoms. The van der Waals surface area contributed by atoms with Gasteiger partial charge in [0.15, 0.2) is 12.3 Å². The fourth-order valence-corrected chi connectivity index (χ4v) is 5.03. The van der Waals surface area contributed by atoms with Crippen LogP contribution in [0.3, 0.4) is 0 Å².